The predicted molar refractivity (Wildman–Crippen MR) is 76.5 cm³/mol. The number of hydrogen-bond donors (Lipinski definition) is 1. The second-order valence-electron chi connectivity index (χ2n) is 4.71. The molecular weight excluding hydrogens is 222 g/mol. The van der Waals surface area contributed by atoms with E-state index in [9.17, 15) is 4.79 Å². The first-order valence-electron chi connectivity index (χ1n) is 7.09. The lowest BCUT2D eigenvalue weighted by molar-refractivity contribution is -0.116. The molecule has 0 aliphatic carbocycles. The summed E-state index contributed by atoms with van der Waals surface area (Å²) in [6.45, 7) is 2.23. The van der Waals surface area contributed by atoms with Crippen LogP contribution in [0, 0.1) is 6.07 Å². The number of unbranched alkanes of at least 4 members (excludes halogenated alkanes) is 6. The highest BCUT2D eigenvalue weighted by molar-refractivity contribution is 5.90. The minimum Gasteiger partial charge on any atom is -0.326 e. The summed E-state index contributed by atoms with van der Waals surface area (Å²) >= 11 is 0. The van der Waals surface area contributed by atoms with Crippen molar-refractivity contribution in [3.8, 4) is 0 Å². The number of carbonyl (C=O) groups is 1. The monoisotopic (exact) mass is 246 g/mol. The molecule has 2 nitrogen and oxygen atoms in total. The average molecular weight is 246 g/mol. The first-order chi connectivity index (χ1) is 8.83. The van der Waals surface area contributed by atoms with E-state index in [0.29, 0.717) is 6.42 Å². The van der Waals surface area contributed by atoms with Crippen LogP contribution in [0.2, 0.25) is 0 Å². The number of carbonyl (C=O) groups excluding carboxylic acids is 1. The zero-order valence-electron chi connectivity index (χ0n) is 11.4. The van der Waals surface area contributed by atoms with Crippen LogP contribution in [0.3, 0.4) is 0 Å². The van der Waals surface area contributed by atoms with Crippen molar-refractivity contribution >= 4 is 11.6 Å². The van der Waals surface area contributed by atoms with Crippen molar-refractivity contribution in [2.75, 3.05) is 5.32 Å². The largest absolute Gasteiger partial charge is 0.326 e. The van der Waals surface area contributed by atoms with Gasteiger partial charge in [-0.25, -0.2) is 0 Å². The number of hydrogen-bond acceptors (Lipinski definition) is 1. The van der Waals surface area contributed by atoms with E-state index in [0.717, 1.165) is 18.5 Å². The third kappa shape index (κ3) is 7.10. The van der Waals surface area contributed by atoms with Crippen molar-refractivity contribution in [2.45, 2.75) is 58.3 Å². The Balaban J connectivity index is 2.00. The Hall–Kier alpha value is -1.31. The highest BCUT2D eigenvalue weighted by Crippen LogP contribution is 2.10. The van der Waals surface area contributed by atoms with Crippen LogP contribution in [0.5, 0.6) is 0 Å². The van der Waals surface area contributed by atoms with E-state index in [2.05, 4.69) is 18.3 Å². The summed E-state index contributed by atoms with van der Waals surface area (Å²) in [5.74, 6) is 0.114. The highest BCUT2D eigenvalue weighted by atomic mass is 16.1. The van der Waals surface area contributed by atoms with Crippen LogP contribution < -0.4 is 5.32 Å². The van der Waals surface area contributed by atoms with Gasteiger partial charge in [-0.15, -0.1) is 0 Å². The van der Waals surface area contributed by atoms with Gasteiger partial charge < -0.3 is 5.32 Å². The summed E-state index contributed by atoms with van der Waals surface area (Å²) in [6, 6.07) is 10.3. The fraction of sp³-hybridized carbons (Fsp3) is 0.562. The maximum atomic E-state index is 11.6. The first-order valence-corrected chi connectivity index (χ1v) is 7.09. The van der Waals surface area contributed by atoms with Crippen LogP contribution in [-0.4, -0.2) is 5.91 Å². The first kappa shape index (κ1) is 14.7. The van der Waals surface area contributed by atoms with Crippen molar-refractivity contribution in [2.24, 2.45) is 0 Å². The Bertz CT molecular complexity index is 321. The molecular formula is C16H24NO. The molecule has 0 saturated carbocycles. The second-order valence-corrected chi connectivity index (χ2v) is 4.71. The molecule has 1 aromatic carbocycles. The number of anilines is 1. The van der Waals surface area contributed by atoms with E-state index in [1.54, 1.807) is 6.07 Å². The number of rotatable bonds is 9. The van der Waals surface area contributed by atoms with Crippen molar-refractivity contribution in [3.05, 3.63) is 30.3 Å². The fourth-order valence-corrected chi connectivity index (χ4v) is 1.94. The van der Waals surface area contributed by atoms with Crippen molar-refractivity contribution in [1.29, 1.82) is 0 Å². The van der Waals surface area contributed by atoms with Gasteiger partial charge in [0.1, 0.15) is 0 Å². The lowest BCUT2D eigenvalue weighted by Crippen LogP contribution is -2.10. The van der Waals surface area contributed by atoms with Gasteiger partial charge in [0.15, 0.2) is 0 Å². The topological polar surface area (TPSA) is 29.1 Å². The molecule has 1 amide bonds. The third-order valence-electron chi connectivity index (χ3n) is 3.00. The van der Waals surface area contributed by atoms with Crippen molar-refractivity contribution < 1.29 is 4.79 Å². The normalized spacial score (nSPS) is 10.3. The zero-order valence-corrected chi connectivity index (χ0v) is 11.4. The van der Waals surface area contributed by atoms with Gasteiger partial charge in [-0.1, -0.05) is 57.6 Å². The molecule has 18 heavy (non-hydrogen) atoms. The van der Waals surface area contributed by atoms with Crippen LogP contribution in [0.4, 0.5) is 5.69 Å². The molecule has 0 aliphatic rings. The molecule has 0 aromatic heterocycles. The predicted octanol–water partition coefficient (Wildman–Crippen LogP) is 4.57. The molecule has 0 fully saturated rings. The van der Waals surface area contributed by atoms with E-state index in [1.807, 2.05) is 18.2 Å². The van der Waals surface area contributed by atoms with Gasteiger partial charge in [0.05, 0.1) is 0 Å². The smallest absolute Gasteiger partial charge is 0.224 e. The van der Waals surface area contributed by atoms with Gasteiger partial charge in [-0.3, -0.25) is 4.79 Å². The molecule has 1 radical (unpaired) electrons. The number of nitrogens with one attached hydrogen (secondary N) is 1. The summed E-state index contributed by atoms with van der Waals surface area (Å²) in [4.78, 5) is 11.6. The molecule has 1 aromatic rings. The molecule has 0 saturated heterocycles. The van der Waals surface area contributed by atoms with Crippen LogP contribution in [-0.2, 0) is 4.79 Å². The van der Waals surface area contributed by atoms with Crippen LogP contribution in [0.25, 0.3) is 0 Å². The molecule has 0 atom stereocenters. The fourth-order valence-electron chi connectivity index (χ4n) is 1.94. The Kier molecular flexibility index (Phi) is 7.94. The van der Waals surface area contributed by atoms with E-state index < -0.39 is 0 Å². The molecule has 99 valence electrons. The minimum atomic E-state index is 0.114. The maximum Gasteiger partial charge on any atom is 0.224 e. The molecule has 0 unspecified atom stereocenters. The minimum absolute atomic E-state index is 0.114. The molecule has 2 heteroatoms. The van der Waals surface area contributed by atoms with E-state index >= 15 is 0 Å². The Morgan fingerprint density at radius 3 is 2.56 bits per heavy atom. The third-order valence-corrected chi connectivity index (χ3v) is 3.00. The molecule has 0 spiro atoms. The highest BCUT2D eigenvalue weighted by Gasteiger charge is 2.01. The number of benzene rings is 1. The summed E-state index contributed by atoms with van der Waals surface area (Å²) in [5.41, 5.74) is 0.838. The summed E-state index contributed by atoms with van der Waals surface area (Å²) in [7, 11) is 0. The summed E-state index contributed by atoms with van der Waals surface area (Å²) in [5, 5.41) is 2.88. The van der Waals surface area contributed by atoms with E-state index in [1.165, 1.54) is 32.1 Å². The Morgan fingerprint density at radius 2 is 1.89 bits per heavy atom. The standard InChI is InChI=1S/C16H24NO/c1-2-3-4-5-6-7-11-14-16(18)17-15-12-9-8-10-13-15/h8-9,12-13H,2-7,11,14H2,1H3,(H,17,18). The molecule has 1 rings (SSSR count). The van der Waals surface area contributed by atoms with Gasteiger partial charge in [0, 0.05) is 12.1 Å². The Labute approximate surface area is 111 Å². The molecule has 1 N–H and O–H groups in total. The van der Waals surface area contributed by atoms with Crippen molar-refractivity contribution in [1.82, 2.24) is 0 Å². The molecule has 0 aliphatic heterocycles. The lowest BCUT2D eigenvalue weighted by atomic mass is 10.1. The average Bonchev–Trinajstić information content (AvgIpc) is 2.39. The summed E-state index contributed by atoms with van der Waals surface area (Å²) < 4.78 is 0. The second kappa shape index (κ2) is 9.69. The summed E-state index contributed by atoms with van der Waals surface area (Å²) in [6.07, 6.45) is 9.31. The van der Waals surface area contributed by atoms with Crippen LogP contribution in [0.15, 0.2) is 24.3 Å². The van der Waals surface area contributed by atoms with Gasteiger partial charge in [-0.2, -0.15) is 0 Å². The van der Waals surface area contributed by atoms with Crippen molar-refractivity contribution in [3.63, 3.8) is 0 Å². The van der Waals surface area contributed by atoms with E-state index in [-0.39, 0.29) is 5.91 Å². The van der Waals surface area contributed by atoms with Crippen LogP contribution in [0.1, 0.15) is 58.3 Å². The SMILES string of the molecule is CCCCCCCCCC(=O)Nc1c[c]ccc1. The van der Waals surface area contributed by atoms with Crippen LogP contribution >= 0.6 is 0 Å². The van der Waals surface area contributed by atoms with Gasteiger partial charge in [0.2, 0.25) is 5.91 Å². The van der Waals surface area contributed by atoms with Gasteiger partial charge in [-0.05, 0) is 24.6 Å². The number of amides is 1. The van der Waals surface area contributed by atoms with Gasteiger partial charge in [0.25, 0.3) is 0 Å². The zero-order chi connectivity index (χ0) is 13.1. The Morgan fingerprint density at radius 1 is 1.17 bits per heavy atom. The van der Waals surface area contributed by atoms with Gasteiger partial charge >= 0.3 is 0 Å². The molecule has 0 heterocycles. The van der Waals surface area contributed by atoms with E-state index in [4.69, 9.17) is 0 Å². The molecule has 0 bridgehead atoms. The lowest BCUT2D eigenvalue weighted by Gasteiger charge is -2.04. The maximum absolute atomic E-state index is 11.6. The quantitative estimate of drug-likeness (QED) is 0.635.